The van der Waals surface area contributed by atoms with E-state index in [9.17, 15) is 0 Å². The second kappa shape index (κ2) is 6.99. The number of halogens is 2. The minimum absolute atomic E-state index is 0.203. The van der Waals surface area contributed by atoms with Crippen LogP contribution in [0.1, 0.15) is 25.5 Å². The molecule has 0 aliphatic heterocycles. The Labute approximate surface area is 148 Å². The third-order valence-electron chi connectivity index (χ3n) is 3.33. The van der Waals surface area contributed by atoms with E-state index in [1.54, 1.807) is 18.0 Å². The second-order valence-electron chi connectivity index (χ2n) is 5.24. The Kier molecular flexibility index (Phi) is 4.99. The number of benzene rings is 1. The second-order valence-corrected chi connectivity index (χ2v) is 6.99. The fourth-order valence-electron chi connectivity index (χ4n) is 2.22. The lowest BCUT2D eigenvalue weighted by Gasteiger charge is -2.13. The molecule has 0 bridgehead atoms. The van der Waals surface area contributed by atoms with E-state index >= 15 is 0 Å². The first kappa shape index (κ1) is 16.4. The van der Waals surface area contributed by atoms with Crippen molar-refractivity contribution in [3.63, 3.8) is 0 Å². The molecule has 0 unspecified atom stereocenters. The van der Waals surface area contributed by atoms with Crippen LogP contribution in [0.4, 0.5) is 0 Å². The Hall–Kier alpha value is -1.43. The van der Waals surface area contributed by atoms with Gasteiger partial charge in [-0.2, -0.15) is 0 Å². The van der Waals surface area contributed by atoms with Gasteiger partial charge in [-0.05, 0) is 43.7 Å². The summed E-state index contributed by atoms with van der Waals surface area (Å²) in [5.41, 5.74) is 0.902. The molecule has 2 heterocycles. The van der Waals surface area contributed by atoms with Crippen LogP contribution in [0.15, 0.2) is 46.2 Å². The van der Waals surface area contributed by atoms with Crippen LogP contribution in [0.3, 0.4) is 0 Å². The number of nitrogens with zero attached hydrogens (tertiary/aromatic N) is 3. The molecule has 4 nitrogen and oxygen atoms in total. The molecule has 3 rings (SSSR count). The summed E-state index contributed by atoms with van der Waals surface area (Å²) in [6, 6.07) is 9.43. The highest BCUT2D eigenvalue weighted by Crippen LogP contribution is 2.33. The first-order valence-corrected chi connectivity index (χ1v) is 8.86. The summed E-state index contributed by atoms with van der Waals surface area (Å²) in [5, 5.41) is 10.7. The predicted molar refractivity (Wildman–Crippen MR) is 94.1 cm³/mol. The zero-order valence-electron chi connectivity index (χ0n) is 12.7. The van der Waals surface area contributed by atoms with Gasteiger partial charge in [0.1, 0.15) is 0 Å². The smallest absolute Gasteiger partial charge is 0.200 e. The number of hydrogen-bond donors (Lipinski definition) is 0. The van der Waals surface area contributed by atoms with Crippen LogP contribution in [-0.4, -0.2) is 14.8 Å². The third-order valence-corrected chi connectivity index (χ3v) is 5.01. The van der Waals surface area contributed by atoms with Crippen molar-refractivity contribution >= 4 is 35.0 Å². The summed E-state index contributed by atoms with van der Waals surface area (Å²) in [5.74, 6) is 2.05. The van der Waals surface area contributed by atoms with Crippen LogP contribution in [0.5, 0.6) is 0 Å². The molecule has 0 radical (unpaired) electrons. The monoisotopic (exact) mass is 367 g/mol. The normalized spacial score (nSPS) is 11.3. The number of aromatic nitrogens is 3. The Morgan fingerprint density at radius 2 is 1.87 bits per heavy atom. The van der Waals surface area contributed by atoms with Crippen LogP contribution < -0.4 is 0 Å². The highest BCUT2D eigenvalue weighted by molar-refractivity contribution is 7.98. The van der Waals surface area contributed by atoms with Crippen molar-refractivity contribution in [2.75, 3.05) is 0 Å². The van der Waals surface area contributed by atoms with E-state index in [-0.39, 0.29) is 6.04 Å². The van der Waals surface area contributed by atoms with Gasteiger partial charge in [0.2, 0.25) is 5.82 Å². The summed E-state index contributed by atoms with van der Waals surface area (Å²) < 4.78 is 7.50. The fourth-order valence-corrected chi connectivity index (χ4v) is 4.03. The lowest BCUT2D eigenvalue weighted by molar-refractivity contribution is 0.529. The molecule has 0 N–H and O–H groups in total. The molecule has 0 spiro atoms. The summed E-state index contributed by atoms with van der Waals surface area (Å²) in [6.07, 6.45) is 1.63. The van der Waals surface area contributed by atoms with Gasteiger partial charge in [-0.25, -0.2) is 0 Å². The molecule has 2 aromatic heterocycles. The van der Waals surface area contributed by atoms with Crippen molar-refractivity contribution in [1.82, 2.24) is 14.8 Å². The maximum atomic E-state index is 6.23. The summed E-state index contributed by atoms with van der Waals surface area (Å²) in [4.78, 5) is 0. The SMILES string of the molecule is CC(C)n1c(SCc2c(Cl)cccc2Cl)nnc1-c1ccco1. The molecule has 0 atom stereocenters. The molecule has 23 heavy (non-hydrogen) atoms. The van der Waals surface area contributed by atoms with Crippen molar-refractivity contribution in [3.05, 3.63) is 52.2 Å². The minimum Gasteiger partial charge on any atom is -0.461 e. The topological polar surface area (TPSA) is 43.9 Å². The molecular formula is C16H15Cl2N3OS. The van der Waals surface area contributed by atoms with Crippen LogP contribution in [0.2, 0.25) is 10.0 Å². The van der Waals surface area contributed by atoms with Gasteiger partial charge >= 0.3 is 0 Å². The molecule has 0 aliphatic rings. The van der Waals surface area contributed by atoms with E-state index in [1.807, 2.05) is 34.9 Å². The van der Waals surface area contributed by atoms with E-state index in [4.69, 9.17) is 27.6 Å². The zero-order valence-corrected chi connectivity index (χ0v) is 15.0. The molecule has 0 amide bonds. The predicted octanol–water partition coefficient (Wildman–Crippen LogP) is 5.72. The maximum Gasteiger partial charge on any atom is 0.200 e. The highest BCUT2D eigenvalue weighted by atomic mass is 35.5. The van der Waals surface area contributed by atoms with Gasteiger partial charge in [-0.1, -0.05) is 41.0 Å². The van der Waals surface area contributed by atoms with Crippen molar-refractivity contribution in [2.45, 2.75) is 30.8 Å². The van der Waals surface area contributed by atoms with E-state index in [0.29, 0.717) is 21.6 Å². The molecule has 1 aromatic carbocycles. The molecule has 0 saturated heterocycles. The average Bonchev–Trinajstić information content (AvgIpc) is 3.15. The Morgan fingerprint density at radius 1 is 1.13 bits per heavy atom. The van der Waals surface area contributed by atoms with Gasteiger partial charge in [-0.15, -0.1) is 10.2 Å². The standard InChI is InChI=1S/C16H15Cl2N3OS/c1-10(2)21-15(14-7-4-8-22-14)19-20-16(21)23-9-11-12(17)5-3-6-13(11)18/h3-8,10H,9H2,1-2H3. The van der Waals surface area contributed by atoms with Crippen molar-refractivity contribution in [2.24, 2.45) is 0 Å². The van der Waals surface area contributed by atoms with Crippen molar-refractivity contribution in [1.29, 1.82) is 0 Å². The molecule has 3 aromatic rings. The minimum atomic E-state index is 0.203. The summed E-state index contributed by atoms with van der Waals surface area (Å²) in [6.45, 7) is 4.17. The lowest BCUT2D eigenvalue weighted by Crippen LogP contribution is -2.04. The largest absolute Gasteiger partial charge is 0.461 e. The van der Waals surface area contributed by atoms with E-state index < -0.39 is 0 Å². The summed E-state index contributed by atoms with van der Waals surface area (Å²) >= 11 is 14.0. The van der Waals surface area contributed by atoms with Crippen molar-refractivity contribution in [3.8, 4) is 11.6 Å². The molecule has 120 valence electrons. The first-order chi connectivity index (χ1) is 11.1. The molecular weight excluding hydrogens is 353 g/mol. The van der Waals surface area contributed by atoms with E-state index in [0.717, 1.165) is 16.5 Å². The summed E-state index contributed by atoms with van der Waals surface area (Å²) in [7, 11) is 0. The third kappa shape index (κ3) is 3.42. The van der Waals surface area contributed by atoms with Gasteiger partial charge in [0.05, 0.1) is 6.26 Å². The van der Waals surface area contributed by atoms with Gasteiger partial charge in [0, 0.05) is 21.8 Å². The quantitative estimate of drug-likeness (QED) is 0.541. The lowest BCUT2D eigenvalue weighted by atomic mass is 10.2. The molecule has 0 saturated carbocycles. The van der Waals surface area contributed by atoms with Crippen LogP contribution in [0, 0.1) is 0 Å². The first-order valence-electron chi connectivity index (χ1n) is 7.12. The number of rotatable bonds is 5. The highest BCUT2D eigenvalue weighted by Gasteiger charge is 2.19. The number of thioether (sulfide) groups is 1. The number of hydrogen-bond acceptors (Lipinski definition) is 4. The van der Waals surface area contributed by atoms with E-state index in [1.165, 1.54) is 0 Å². The Balaban J connectivity index is 1.89. The van der Waals surface area contributed by atoms with Crippen molar-refractivity contribution < 1.29 is 4.42 Å². The maximum absolute atomic E-state index is 6.23. The van der Waals surface area contributed by atoms with Gasteiger partial charge in [0.25, 0.3) is 0 Å². The number of furan rings is 1. The molecule has 7 heteroatoms. The average molecular weight is 368 g/mol. The van der Waals surface area contributed by atoms with Crippen LogP contribution in [0.25, 0.3) is 11.6 Å². The van der Waals surface area contributed by atoms with Crippen LogP contribution in [-0.2, 0) is 5.75 Å². The van der Waals surface area contributed by atoms with Crippen LogP contribution >= 0.6 is 35.0 Å². The van der Waals surface area contributed by atoms with E-state index in [2.05, 4.69) is 24.0 Å². The Morgan fingerprint density at radius 3 is 2.48 bits per heavy atom. The Bertz CT molecular complexity index is 780. The molecule has 0 aliphatic carbocycles. The zero-order chi connectivity index (χ0) is 16.4. The fraction of sp³-hybridized carbons (Fsp3) is 0.250. The van der Waals surface area contributed by atoms with Gasteiger partial charge in [0.15, 0.2) is 10.9 Å². The molecule has 0 fully saturated rings. The van der Waals surface area contributed by atoms with Gasteiger partial charge in [-0.3, -0.25) is 4.57 Å². The van der Waals surface area contributed by atoms with Gasteiger partial charge < -0.3 is 4.42 Å².